The molecule has 0 aromatic rings. The van der Waals surface area contributed by atoms with Crippen LogP contribution in [0.4, 0.5) is 0 Å². The van der Waals surface area contributed by atoms with Gasteiger partial charge in [0.1, 0.15) is 0 Å². The normalized spacial score (nSPS) is 14.1. The Bertz CT molecular complexity index is 39.1. The van der Waals surface area contributed by atoms with Crippen LogP contribution in [0.2, 0.25) is 0 Å². The molecule has 2 heteroatoms. The van der Waals surface area contributed by atoms with Crippen LogP contribution < -0.4 is 5.32 Å². The van der Waals surface area contributed by atoms with E-state index >= 15 is 0 Å². The molecule has 1 atom stereocenters. The second kappa shape index (κ2) is 4.60. The molecular weight excluding hydrogens is 154 g/mol. The SMILES string of the molecule is CCCC(Br)NC. The van der Waals surface area contributed by atoms with E-state index in [2.05, 4.69) is 28.2 Å². The summed E-state index contributed by atoms with van der Waals surface area (Å²) in [5, 5.41) is 3.08. The van der Waals surface area contributed by atoms with Gasteiger partial charge in [-0.05, 0) is 13.5 Å². The van der Waals surface area contributed by atoms with Crippen LogP contribution >= 0.6 is 15.9 Å². The Morgan fingerprint density at radius 1 is 1.71 bits per heavy atom. The van der Waals surface area contributed by atoms with Crippen LogP contribution in [0.1, 0.15) is 19.8 Å². The summed E-state index contributed by atoms with van der Waals surface area (Å²) in [5.41, 5.74) is 0. The second-order valence-corrected chi connectivity index (χ2v) is 2.65. The van der Waals surface area contributed by atoms with Crippen molar-refractivity contribution in [3.63, 3.8) is 0 Å². The van der Waals surface area contributed by atoms with Crippen molar-refractivity contribution in [1.29, 1.82) is 0 Å². The van der Waals surface area contributed by atoms with E-state index in [1.807, 2.05) is 7.05 Å². The molecule has 0 saturated heterocycles. The molecule has 0 radical (unpaired) electrons. The minimum atomic E-state index is 0.512. The van der Waals surface area contributed by atoms with Gasteiger partial charge >= 0.3 is 0 Å². The molecular formula is C5H12BrN. The summed E-state index contributed by atoms with van der Waals surface area (Å²) in [6, 6.07) is 0. The zero-order valence-electron chi connectivity index (χ0n) is 4.87. The summed E-state index contributed by atoms with van der Waals surface area (Å²) < 4.78 is 0. The van der Waals surface area contributed by atoms with Gasteiger partial charge in [0.2, 0.25) is 0 Å². The lowest BCUT2D eigenvalue weighted by molar-refractivity contribution is 0.675. The fourth-order valence-electron chi connectivity index (χ4n) is 0.398. The van der Waals surface area contributed by atoms with E-state index in [9.17, 15) is 0 Å². The molecule has 0 fully saturated rings. The summed E-state index contributed by atoms with van der Waals surface area (Å²) in [6.45, 7) is 2.17. The van der Waals surface area contributed by atoms with Gasteiger partial charge in [-0.1, -0.05) is 29.3 Å². The van der Waals surface area contributed by atoms with E-state index in [1.54, 1.807) is 0 Å². The Labute approximate surface area is 53.6 Å². The Kier molecular flexibility index (Phi) is 4.88. The van der Waals surface area contributed by atoms with E-state index < -0.39 is 0 Å². The first-order valence-corrected chi connectivity index (χ1v) is 3.54. The topological polar surface area (TPSA) is 12.0 Å². The van der Waals surface area contributed by atoms with Crippen LogP contribution in [-0.4, -0.2) is 12.0 Å². The highest BCUT2D eigenvalue weighted by atomic mass is 79.9. The molecule has 0 rings (SSSR count). The summed E-state index contributed by atoms with van der Waals surface area (Å²) in [7, 11) is 1.95. The van der Waals surface area contributed by atoms with Crippen LogP contribution in [0.25, 0.3) is 0 Å². The summed E-state index contributed by atoms with van der Waals surface area (Å²) in [6.07, 6.45) is 2.44. The average Bonchev–Trinajstić information content (AvgIpc) is 1.68. The van der Waals surface area contributed by atoms with E-state index in [-0.39, 0.29) is 0 Å². The molecule has 0 amide bonds. The fraction of sp³-hybridized carbons (Fsp3) is 1.00. The highest BCUT2D eigenvalue weighted by Gasteiger charge is 1.93. The predicted molar refractivity (Wildman–Crippen MR) is 36.7 cm³/mol. The average molecular weight is 166 g/mol. The molecule has 0 heterocycles. The predicted octanol–water partition coefficient (Wildman–Crippen LogP) is 1.73. The van der Waals surface area contributed by atoms with Crippen LogP contribution in [0, 0.1) is 0 Å². The third kappa shape index (κ3) is 4.29. The zero-order valence-corrected chi connectivity index (χ0v) is 6.46. The van der Waals surface area contributed by atoms with Crippen LogP contribution in [0.15, 0.2) is 0 Å². The van der Waals surface area contributed by atoms with E-state index in [1.165, 1.54) is 12.8 Å². The lowest BCUT2D eigenvalue weighted by atomic mass is 10.3. The van der Waals surface area contributed by atoms with E-state index in [0.717, 1.165) is 0 Å². The molecule has 1 unspecified atom stereocenters. The van der Waals surface area contributed by atoms with Crippen molar-refractivity contribution in [3.05, 3.63) is 0 Å². The molecule has 0 aliphatic heterocycles. The van der Waals surface area contributed by atoms with Gasteiger partial charge in [-0.3, -0.25) is 0 Å². The molecule has 1 N–H and O–H groups in total. The van der Waals surface area contributed by atoms with Gasteiger partial charge in [0.05, 0.1) is 4.95 Å². The maximum absolute atomic E-state index is 3.43. The first-order chi connectivity index (χ1) is 3.31. The third-order valence-electron chi connectivity index (χ3n) is 0.855. The number of hydrogen-bond donors (Lipinski definition) is 1. The zero-order chi connectivity index (χ0) is 5.70. The van der Waals surface area contributed by atoms with Crippen molar-refractivity contribution in [3.8, 4) is 0 Å². The molecule has 0 aromatic carbocycles. The minimum absolute atomic E-state index is 0.512. The Balaban J connectivity index is 2.83. The molecule has 0 bridgehead atoms. The first kappa shape index (κ1) is 7.44. The standard InChI is InChI=1S/C5H12BrN/c1-3-4-5(6)7-2/h5,7H,3-4H2,1-2H3. The van der Waals surface area contributed by atoms with Crippen molar-refractivity contribution in [2.45, 2.75) is 24.7 Å². The number of rotatable bonds is 3. The van der Waals surface area contributed by atoms with Crippen molar-refractivity contribution >= 4 is 15.9 Å². The lowest BCUT2D eigenvalue weighted by Crippen LogP contribution is -2.16. The highest BCUT2D eigenvalue weighted by Crippen LogP contribution is 2.01. The molecule has 0 aliphatic carbocycles. The maximum atomic E-state index is 3.43. The van der Waals surface area contributed by atoms with Gasteiger partial charge in [0, 0.05) is 0 Å². The van der Waals surface area contributed by atoms with Gasteiger partial charge in [-0.2, -0.15) is 0 Å². The number of alkyl halides is 1. The fourth-order valence-corrected chi connectivity index (χ4v) is 0.856. The van der Waals surface area contributed by atoms with Gasteiger partial charge in [-0.15, -0.1) is 0 Å². The van der Waals surface area contributed by atoms with E-state index in [4.69, 9.17) is 0 Å². The smallest absolute Gasteiger partial charge is 0.0628 e. The molecule has 1 nitrogen and oxygen atoms in total. The van der Waals surface area contributed by atoms with Crippen molar-refractivity contribution in [2.75, 3.05) is 7.05 Å². The van der Waals surface area contributed by atoms with Crippen molar-refractivity contribution in [2.24, 2.45) is 0 Å². The molecule has 44 valence electrons. The summed E-state index contributed by atoms with van der Waals surface area (Å²) >= 11 is 3.43. The number of halogens is 1. The van der Waals surface area contributed by atoms with Crippen LogP contribution in [0.3, 0.4) is 0 Å². The first-order valence-electron chi connectivity index (χ1n) is 2.62. The monoisotopic (exact) mass is 165 g/mol. The summed E-state index contributed by atoms with van der Waals surface area (Å²) in [5.74, 6) is 0. The quantitative estimate of drug-likeness (QED) is 0.497. The lowest BCUT2D eigenvalue weighted by Gasteiger charge is -2.03. The molecule has 0 spiro atoms. The maximum Gasteiger partial charge on any atom is 0.0628 e. The van der Waals surface area contributed by atoms with E-state index in [0.29, 0.717) is 4.95 Å². The van der Waals surface area contributed by atoms with Crippen molar-refractivity contribution in [1.82, 2.24) is 5.32 Å². The largest absolute Gasteiger partial charge is 0.308 e. The molecule has 7 heavy (non-hydrogen) atoms. The summed E-state index contributed by atoms with van der Waals surface area (Å²) in [4.78, 5) is 0.512. The van der Waals surface area contributed by atoms with Gasteiger partial charge < -0.3 is 5.32 Å². The van der Waals surface area contributed by atoms with Gasteiger partial charge in [0.25, 0.3) is 0 Å². The molecule has 0 aliphatic rings. The van der Waals surface area contributed by atoms with Crippen LogP contribution in [0.5, 0.6) is 0 Å². The number of hydrogen-bond acceptors (Lipinski definition) is 1. The second-order valence-electron chi connectivity index (χ2n) is 1.54. The van der Waals surface area contributed by atoms with Gasteiger partial charge in [-0.25, -0.2) is 0 Å². The van der Waals surface area contributed by atoms with Crippen LogP contribution in [-0.2, 0) is 0 Å². The third-order valence-corrected chi connectivity index (χ3v) is 1.77. The number of nitrogens with one attached hydrogen (secondary N) is 1. The molecule has 0 saturated carbocycles. The van der Waals surface area contributed by atoms with Crippen molar-refractivity contribution < 1.29 is 0 Å². The molecule has 0 aromatic heterocycles. The Hall–Kier alpha value is 0.440. The Morgan fingerprint density at radius 2 is 2.29 bits per heavy atom. The van der Waals surface area contributed by atoms with Gasteiger partial charge in [0.15, 0.2) is 0 Å². The Morgan fingerprint density at radius 3 is 2.43 bits per heavy atom. The highest BCUT2D eigenvalue weighted by molar-refractivity contribution is 9.09. The minimum Gasteiger partial charge on any atom is -0.308 e.